The molecule has 2 aliphatic rings. The van der Waals surface area contributed by atoms with Crippen molar-refractivity contribution in [3.63, 3.8) is 0 Å². The van der Waals surface area contributed by atoms with Crippen LogP contribution in [0, 0.1) is 0 Å². The topological polar surface area (TPSA) is 215 Å². The van der Waals surface area contributed by atoms with Crippen LogP contribution in [0.15, 0.2) is 60.7 Å². The zero-order chi connectivity index (χ0) is 40.3. The second-order valence-corrected chi connectivity index (χ2v) is 15.1. The van der Waals surface area contributed by atoms with Gasteiger partial charge < -0.3 is 41.5 Å². The highest BCUT2D eigenvalue weighted by Crippen LogP contribution is 2.22. The van der Waals surface area contributed by atoms with E-state index in [1.165, 1.54) is 15.4 Å². The first kappa shape index (κ1) is 44.3. The van der Waals surface area contributed by atoms with Crippen molar-refractivity contribution in [1.29, 1.82) is 0 Å². The van der Waals surface area contributed by atoms with Gasteiger partial charge in [-0.1, -0.05) is 73.5 Å². The minimum atomic E-state index is -1.06. The van der Waals surface area contributed by atoms with Gasteiger partial charge in [-0.3, -0.25) is 19.7 Å². The SMILES string of the molecule is NCCCC[C@H](N[C@@H](CCc1ccccc1)CNCCCC[C@H](N[C@@H](CCc1ccccc1)C(=O)O)C(=O)N1CCC[C@H]1C(=O)O)C(=O)N1CCC[C@H]1C(=O)O. The van der Waals surface area contributed by atoms with Crippen molar-refractivity contribution in [2.24, 2.45) is 5.73 Å². The lowest BCUT2D eigenvalue weighted by Gasteiger charge is -2.31. The van der Waals surface area contributed by atoms with E-state index in [-0.39, 0.29) is 24.3 Å². The summed E-state index contributed by atoms with van der Waals surface area (Å²) in [5, 5.41) is 39.9. The Hall–Kier alpha value is -4.37. The van der Waals surface area contributed by atoms with Gasteiger partial charge in [-0.25, -0.2) is 9.59 Å². The Kier molecular flexibility index (Phi) is 18.7. The Morgan fingerprint density at radius 3 is 1.64 bits per heavy atom. The molecule has 0 bridgehead atoms. The smallest absolute Gasteiger partial charge is 0.326 e. The number of aliphatic carboxylic acids is 3. The maximum Gasteiger partial charge on any atom is 0.326 e. The molecule has 0 saturated carbocycles. The summed E-state index contributed by atoms with van der Waals surface area (Å²) in [6.07, 6.45) is 7.98. The first-order valence-electron chi connectivity index (χ1n) is 20.4. The molecule has 14 heteroatoms. The molecule has 0 aromatic heterocycles. The summed E-state index contributed by atoms with van der Waals surface area (Å²) in [7, 11) is 0. The van der Waals surface area contributed by atoms with Crippen LogP contribution >= 0.6 is 0 Å². The quantitative estimate of drug-likeness (QED) is 0.0687. The Labute approximate surface area is 330 Å². The van der Waals surface area contributed by atoms with Crippen molar-refractivity contribution in [2.75, 3.05) is 32.7 Å². The predicted molar refractivity (Wildman–Crippen MR) is 213 cm³/mol. The second-order valence-electron chi connectivity index (χ2n) is 15.1. The fourth-order valence-electron chi connectivity index (χ4n) is 7.89. The van der Waals surface area contributed by atoms with Crippen molar-refractivity contribution in [1.82, 2.24) is 25.8 Å². The lowest BCUT2D eigenvalue weighted by Crippen LogP contribution is -2.54. The number of amides is 2. The molecule has 6 atom stereocenters. The molecule has 14 nitrogen and oxygen atoms in total. The molecule has 0 aliphatic carbocycles. The van der Waals surface area contributed by atoms with E-state index in [4.69, 9.17) is 5.73 Å². The van der Waals surface area contributed by atoms with E-state index in [1.807, 2.05) is 48.5 Å². The number of unbranched alkanes of at least 4 members (excludes halogenated alkanes) is 2. The second kappa shape index (κ2) is 23.6. The number of hydrogen-bond acceptors (Lipinski definition) is 9. The fourth-order valence-corrected chi connectivity index (χ4v) is 7.89. The summed E-state index contributed by atoms with van der Waals surface area (Å²) in [4.78, 5) is 66.8. The highest BCUT2D eigenvalue weighted by molar-refractivity contribution is 5.88. The maximum atomic E-state index is 13.8. The third kappa shape index (κ3) is 14.0. The zero-order valence-electron chi connectivity index (χ0n) is 32.5. The van der Waals surface area contributed by atoms with Crippen LogP contribution in [0.2, 0.25) is 0 Å². The number of nitrogens with zero attached hydrogens (tertiary/aromatic N) is 2. The van der Waals surface area contributed by atoms with Gasteiger partial charge in [0.25, 0.3) is 0 Å². The largest absolute Gasteiger partial charge is 0.480 e. The van der Waals surface area contributed by atoms with Crippen molar-refractivity contribution >= 4 is 29.7 Å². The number of carboxylic acid groups (broad SMARTS) is 3. The van der Waals surface area contributed by atoms with Crippen molar-refractivity contribution < 1.29 is 39.3 Å². The van der Waals surface area contributed by atoms with Crippen molar-refractivity contribution in [2.45, 2.75) is 126 Å². The molecule has 2 saturated heterocycles. The average molecular weight is 779 g/mol. The Bertz CT molecular complexity index is 1530. The number of carboxylic acids is 3. The number of nitrogens with two attached hydrogens (primary N) is 1. The van der Waals surface area contributed by atoms with Gasteiger partial charge in [0, 0.05) is 25.7 Å². The van der Waals surface area contributed by atoms with Crippen LogP contribution < -0.4 is 21.7 Å². The van der Waals surface area contributed by atoms with Crippen LogP contribution in [0.5, 0.6) is 0 Å². The summed E-state index contributed by atoms with van der Waals surface area (Å²) in [5.74, 6) is -3.67. The van der Waals surface area contributed by atoms with E-state index >= 15 is 0 Å². The fraction of sp³-hybridized carbons (Fsp3) is 0.595. The van der Waals surface area contributed by atoms with Crippen LogP contribution in [0.4, 0.5) is 0 Å². The van der Waals surface area contributed by atoms with Gasteiger partial charge in [0.2, 0.25) is 11.8 Å². The number of rotatable bonds is 26. The lowest BCUT2D eigenvalue weighted by atomic mass is 10.0. The van der Waals surface area contributed by atoms with E-state index in [2.05, 4.69) is 28.1 Å². The van der Waals surface area contributed by atoms with Gasteiger partial charge in [-0.05, 0) is 101 Å². The molecular weight excluding hydrogens is 716 g/mol. The van der Waals surface area contributed by atoms with Crippen molar-refractivity contribution in [3.05, 3.63) is 71.8 Å². The van der Waals surface area contributed by atoms with Gasteiger partial charge in [0.05, 0.1) is 12.1 Å². The number of carbonyl (C=O) groups is 5. The molecule has 2 heterocycles. The third-order valence-corrected chi connectivity index (χ3v) is 11.0. The summed E-state index contributed by atoms with van der Waals surface area (Å²) in [6.45, 7) is 2.39. The highest BCUT2D eigenvalue weighted by atomic mass is 16.4. The Morgan fingerprint density at radius 1 is 0.643 bits per heavy atom. The maximum absolute atomic E-state index is 13.8. The van der Waals surface area contributed by atoms with Crippen molar-refractivity contribution in [3.8, 4) is 0 Å². The van der Waals surface area contributed by atoms with Crippen LogP contribution in [0.1, 0.15) is 88.2 Å². The molecule has 2 aromatic rings. The van der Waals surface area contributed by atoms with Gasteiger partial charge in [0.15, 0.2) is 0 Å². The van der Waals surface area contributed by atoms with E-state index in [9.17, 15) is 39.3 Å². The predicted octanol–water partition coefficient (Wildman–Crippen LogP) is 3.03. The van der Waals surface area contributed by atoms with Gasteiger partial charge in [0.1, 0.15) is 18.1 Å². The number of hydrogen-bond donors (Lipinski definition) is 7. The Balaban J connectivity index is 1.38. The van der Waals surface area contributed by atoms with Crippen LogP contribution in [0.3, 0.4) is 0 Å². The van der Waals surface area contributed by atoms with Gasteiger partial charge in [-0.15, -0.1) is 0 Å². The molecule has 2 amide bonds. The number of benzene rings is 2. The molecule has 2 aliphatic heterocycles. The zero-order valence-corrected chi connectivity index (χ0v) is 32.5. The molecule has 4 rings (SSSR count). The minimum Gasteiger partial charge on any atom is -0.480 e. The highest BCUT2D eigenvalue weighted by Gasteiger charge is 2.39. The Morgan fingerprint density at radius 2 is 1.14 bits per heavy atom. The number of likely N-dealkylation sites (tertiary alicyclic amines) is 2. The minimum absolute atomic E-state index is 0.104. The molecule has 2 fully saturated rings. The van der Waals surface area contributed by atoms with E-state index in [1.54, 1.807) is 0 Å². The number of nitrogens with one attached hydrogen (secondary N) is 3. The molecule has 0 unspecified atom stereocenters. The summed E-state index contributed by atoms with van der Waals surface area (Å²) < 4.78 is 0. The number of aryl methyl sites for hydroxylation is 2. The first-order valence-corrected chi connectivity index (χ1v) is 20.4. The summed E-state index contributed by atoms with van der Waals surface area (Å²) >= 11 is 0. The molecule has 0 radical (unpaired) electrons. The van der Waals surface area contributed by atoms with Gasteiger partial charge in [-0.2, -0.15) is 0 Å². The normalized spacial score (nSPS) is 19.0. The molecule has 8 N–H and O–H groups in total. The van der Waals surface area contributed by atoms with Gasteiger partial charge >= 0.3 is 17.9 Å². The summed E-state index contributed by atoms with van der Waals surface area (Å²) in [5.41, 5.74) is 7.93. The molecule has 56 heavy (non-hydrogen) atoms. The van der Waals surface area contributed by atoms with Crippen LogP contribution in [-0.4, -0.2) is 124 Å². The first-order chi connectivity index (χ1) is 27.1. The molecule has 2 aromatic carbocycles. The van der Waals surface area contributed by atoms with Crippen LogP contribution in [0.25, 0.3) is 0 Å². The molecular formula is C42H62N6O8. The van der Waals surface area contributed by atoms with E-state index in [0.717, 1.165) is 31.2 Å². The molecule has 308 valence electrons. The van der Waals surface area contributed by atoms with E-state index in [0.29, 0.717) is 90.5 Å². The molecule has 0 spiro atoms. The van der Waals surface area contributed by atoms with E-state index < -0.39 is 48.1 Å². The average Bonchev–Trinajstić information content (AvgIpc) is 3.90. The standard InChI is InChI=1S/C42H62N6O8/c43-25-9-7-17-33(38(49)47-27-11-19-36(47)41(53)54)45-32(23-21-30-13-3-1-4-14-30)29-44-26-10-8-18-34(39(50)48-28-12-20-37(48)42(55)56)46-35(40(51)52)24-22-31-15-5-2-6-16-31/h1-6,13-16,32-37,44-46H,7-12,17-29,43H2,(H,51,52)(H,53,54)(H,55,56)/t32-,33-,34-,35-,36-,37-/m0/s1. The number of carbonyl (C=O) groups excluding carboxylic acids is 2. The summed E-state index contributed by atoms with van der Waals surface area (Å²) in [6, 6.07) is 15.4. The van der Waals surface area contributed by atoms with Crippen LogP contribution in [-0.2, 0) is 36.8 Å². The monoisotopic (exact) mass is 778 g/mol. The third-order valence-electron chi connectivity index (χ3n) is 11.0. The lowest BCUT2D eigenvalue weighted by molar-refractivity contribution is -0.149.